The minimum absolute atomic E-state index is 0. The van der Waals surface area contributed by atoms with Crippen molar-refractivity contribution in [1.82, 2.24) is 0 Å². The van der Waals surface area contributed by atoms with Crippen LogP contribution in [0.2, 0.25) is 0 Å². The highest BCUT2D eigenvalue weighted by Gasteiger charge is 2.15. The summed E-state index contributed by atoms with van der Waals surface area (Å²) in [5.41, 5.74) is 6.77. The number of hydrogen-bond donors (Lipinski definition) is 1. The summed E-state index contributed by atoms with van der Waals surface area (Å²) in [4.78, 5) is 11.2. The van der Waals surface area contributed by atoms with Gasteiger partial charge in [0, 0.05) is 6.04 Å². The first kappa shape index (κ1) is 18.5. The molecule has 0 amide bonds. The van der Waals surface area contributed by atoms with Gasteiger partial charge in [-0.25, -0.2) is 0 Å². The molecule has 5 nitrogen and oxygen atoms in total. The van der Waals surface area contributed by atoms with Gasteiger partial charge in [0.2, 0.25) is 0 Å². The van der Waals surface area contributed by atoms with Crippen molar-refractivity contribution < 1.29 is 19.0 Å². The lowest BCUT2D eigenvalue weighted by atomic mass is 10.0. The SMILES string of the molecule is COC(=O)CC(N)c1ccc(OC)c(OC(C)C)c1.Cl. The first-order valence-electron chi connectivity index (χ1n) is 6.15. The highest BCUT2D eigenvalue weighted by molar-refractivity contribution is 5.85. The number of hydrogen-bond acceptors (Lipinski definition) is 5. The standard InChI is InChI=1S/C14H21NO4.ClH/c1-9(2)19-13-7-10(5-6-12(13)17-3)11(15)8-14(16)18-4;/h5-7,9,11H,8,15H2,1-4H3;1H. The monoisotopic (exact) mass is 303 g/mol. The summed E-state index contributed by atoms with van der Waals surface area (Å²) in [6.45, 7) is 3.86. The van der Waals surface area contributed by atoms with Crippen LogP contribution in [-0.4, -0.2) is 26.3 Å². The largest absolute Gasteiger partial charge is 0.493 e. The third-order valence-electron chi connectivity index (χ3n) is 2.59. The molecule has 0 aromatic heterocycles. The Morgan fingerprint density at radius 3 is 2.40 bits per heavy atom. The van der Waals surface area contributed by atoms with Gasteiger partial charge in [-0.1, -0.05) is 6.07 Å². The number of esters is 1. The number of rotatable bonds is 6. The molecule has 1 aromatic rings. The van der Waals surface area contributed by atoms with Crippen LogP contribution >= 0.6 is 12.4 Å². The van der Waals surface area contributed by atoms with E-state index in [9.17, 15) is 4.79 Å². The van der Waals surface area contributed by atoms with Gasteiger partial charge in [-0.15, -0.1) is 12.4 Å². The highest BCUT2D eigenvalue weighted by atomic mass is 35.5. The normalized spacial score (nSPS) is 11.5. The number of methoxy groups -OCH3 is 2. The van der Waals surface area contributed by atoms with Gasteiger partial charge in [-0.2, -0.15) is 0 Å². The Labute approximate surface area is 125 Å². The Morgan fingerprint density at radius 2 is 1.90 bits per heavy atom. The number of carbonyl (C=O) groups excluding carboxylic acids is 1. The van der Waals surface area contributed by atoms with E-state index in [-0.39, 0.29) is 30.9 Å². The minimum Gasteiger partial charge on any atom is -0.493 e. The lowest BCUT2D eigenvalue weighted by Crippen LogP contribution is -2.16. The summed E-state index contributed by atoms with van der Waals surface area (Å²) in [6.07, 6.45) is 0.158. The molecule has 1 aromatic carbocycles. The first-order valence-corrected chi connectivity index (χ1v) is 6.15. The third kappa shape index (κ3) is 5.27. The van der Waals surface area contributed by atoms with Gasteiger partial charge in [-0.3, -0.25) is 4.79 Å². The van der Waals surface area contributed by atoms with Crippen LogP contribution < -0.4 is 15.2 Å². The van der Waals surface area contributed by atoms with Crippen LogP contribution in [0.1, 0.15) is 31.9 Å². The van der Waals surface area contributed by atoms with Crippen molar-refractivity contribution in [1.29, 1.82) is 0 Å². The predicted molar refractivity (Wildman–Crippen MR) is 79.6 cm³/mol. The number of halogens is 1. The van der Waals surface area contributed by atoms with E-state index < -0.39 is 6.04 Å². The van der Waals surface area contributed by atoms with Crippen LogP contribution in [0.5, 0.6) is 11.5 Å². The molecule has 0 aliphatic rings. The van der Waals surface area contributed by atoms with Crippen molar-refractivity contribution in [3.05, 3.63) is 23.8 Å². The molecule has 0 saturated heterocycles. The molecule has 0 aliphatic carbocycles. The van der Waals surface area contributed by atoms with E-state index in [4.69, 9.17) is 15.2 Å². The molecular weight excluding hydrogens is 282 g/mol. The van der Waals surface area contributed by atoms with Crippen molar-refractivity contribution in [3.63, 3.8) is 0 Å². The van der Waals surface area contributed by atoms with Crippen molar-refractivity contribution in [2.24, 2.45) is 5.73 Å². The maximum Gasteiger partial charge on any atom is 0.307 e. The molecule has 0 aliphatic heterocycles. The van der Waals surface area contributed by atoms with Crippen LogP contribution in [0.4, 0.5) is 0 Å². The van der Waals surface area contributed by atoms with Gasteiger partial charge in [0.1, 0.15) is 0 Å². The Kier molecular flexibility index (Phi) is 8.03. The smallest absolute Gasteiger partial charge is 0.307 e. The number of ether oxygens (including phenoxy) is 3. The number of carbonyl (C=O) groups is 1. The fraction of sp³-hybridized carbons (Fsp3) is 0.500. The molecule has 0 heterocycles. The molecule has 114 valence electrons. The second kappa shape index (κ2) is 8.66. The van der Waals surface area contributed by atoms with E-state index in [0.29, 0.717) is 11.5 Å². The van der Waals surface area contributed by atoms with Crippen LogP contribution in [-0.2, 0) is 9.53 Å². The third-order valence-corrected chi connectivity index (χ3v) is 2.59. The molecule has 20 heavy (non-hydrogen) atoms. The zero-order chi connectivity index (χ0) is 14.4. The summed E-state index contributed by atoms with van der Waals surface area (Å²) in [6, 6.07) is 4.98. The summed E-state index contributed by atoms with van der Waals surface area (Å²) < 4.78 is 15.5. The molecule has 1 atom stereocenters. The molecule has 1 unspecified atom stereocenters. The maximum atomic E-state index is 11.2. The molecule has 1 rings (SSSR count). The second-order valence-electron chi connectivity index (χ2n) is 4.46. The van der Waals surface area contributed by atoms with Gasteiger partial charge in [0.25, 0.3) is 0 Å². The fourth-order valence-corrected chi connectivity index (χ4v) is 1.65. The molecule has 0 bridgehead atoms. The molecule has 0 fully saturated rings. The number of nitrogens with two attached hydrogens (primary N) is 1. The summed E-state index contributed by atoms with van der Waals surface area (Å²) in [5, 5.41) is 0. The van der Waals surface area contributed by atoms with E-state index in [1.165, 1.54) is 7.11 Å². The maximum absolute atomic E-state index is 11.2. The fourth-order valence-electron chi connectivity index (χ4n) is 1.65. The lowest BCUT2D eigenvalue weighted by Gasteiger charge is -2.17. The van der Waals surface area contributed by atoms with E-state index in [1.807, 2.05) is 19.9 Å². The molecule has 2 N–H and O–H groups in total. The van der Waals surface area contributed by atoms with Crippen molar-refractivity contribution >= 4 is 18.4 Å². The topological polar surface area (TPSA) is 70.8 Å². The molecule has 0 radical (unpaired) electrons. The Morgan fingerprint density at radius 1 is 1.25 bits per heavy atom. The predicted octanol–water partition coefficient (Wildman–Crippen LogP) is 2.47. The lowest BCUT2D eigenvalue weighted by molar-refractivity contribution is -0.141. The zero-order valence-corrected chi connectivity index (χ0v) is 13.0. The van der Waals surface area contributed by atoms with E-state index in [1.54, 1.807) is 19.2 Å². The minimum atomic E-state index is -0.423. The van der Waals surface area contributed by atoms with E-state index >= 15 is 0 Å². The average molecular weight is 304 g/mol. The first-order chi connectivity index (χ1) is 8.97. The summed E-state index contributed by atoms with van der Waals surface area (Å²) in [5.74, 6) is 0.924. The van der Waals surface area contributed by atoms with Gasteiger partial charge in [0.15, 0.2) is 11.5 Å². The van der Waals surface area contributed by atoms with Crippen molar-refractivity contribution in [2.75, 3.05) is 14.2 Å². The van der Waals surface area contributed by atoms with Gasteiger partial charge in [-0.05, 0) is 31.5 Å². The number of benzene rings is 1. The quantitative estimate of drug-likeness (QED) is 0.817. The Hall–Kier alpha value is -1.46. The molecule has 0 saturated carbocycles. The van der Waals surface area contributed by atoms with Gasteiger partial charge >= 0.3 is 5.97 Å². The molecular formula is C14H22ClNO4. The van der Waals surface area contributed by atoms with Crippen LogP contribution in [0.3, 0.4) is 0 Å². The second-order valence-corrected chi connectivity index (χ2v) is 4.46. The van der Waals surface area contributed by atoms with Crippen LogP contribution in [0, 0.1) is 0 Å². The van der Waals surface area contributed by atoms with Crippen LogP contribution in [0.15, 0.2) is 18.2 Å². The van der Waals surface area contributed by atoms with Crippen molar-refractivity contribution in [3.8, 4) is 11.5 Å². The van der Waals surface area contributed by atoms with E-state index in [0.717, 1.165) is 5.56 Å². The summed E-state index contributed by atoms with van der Waals surface area (Å²) >= 11 is 0. The highest BCUT2D eigenvalue weighted by Crippen LogP contribution is 2.31. The zero-order valence-electron chi connectivity index (χ0n) is 12.2. The van der Waals surface area contributed by atoms with Crippen molar-refractivity contribution in [2.45, 2.75) is 32.4 Å². The molecule has 6 heteroatoms. The Balaban J connectivity index is 0.00000361. The summed E-state index contributed by atoms with van der Waals surface area (Å²) in [7, 11) is 2.92. The van der Waals surface area contributed by atoms with Gasteiger partial charge < -0.3 is 19.9 Å². The van der Waals surface area contributed by atoms with Gasteiger partial charge in [0.05, 0.1) is 26.7 Å². The average Bonchev–Trinajstić information content (AvgIpc) is 2.37. The molecule has 0 spiro atoms. The van der Waals surface area contributed by atoms with E-state index in [2.05, 4.69) is 4.74 Å². The Bertz CT molecular complexity index is 437. The van der Waals surface area contributed by atoms with Crippen LogP contribution in [0.25, 0.3) is 0 Å².